The van der Waals surface area contributed by atoms with Gasteiger partial charge in [-0.25, -0.2) is 24.4 Å². The molecule has 0 bridgehead atoms. The second kappa shape index (κ2) is 44.6. The van der Waals surface area contributed by atoms with Crippen LogP contribution in [0.15, 0.2) is 261 Å². The second-order valence-corrected chi connectivity index (χ2v) is 40.8. The van der Waals surface area contributed by atoms with Crippen LogP contribution in [0.25, 0.3) is 43.6 Å². The van der Waals surface area contributed by atoms with E-state index in [2.05, 4.69) is 132 Å². The average molecular weight is 2030 g/mol. The Balaban J connectivity index is 0.000000118. The number of benzene rings is 11. The zero-order valence-electron chi connectivity index (χ0n) is 81.2. The molecule has 23 nitrogen and oxygen atoms in total. The Morgan fingerprint density at radius 3 is 1.22 bits per heavy atom. The van der Waals surface area contributed by atoms with Crippen LogP contribution in [-0.2, 0) is 32.1 Å². The number of likely N-dealkylation sites (tertiary alicyclic amines) is 2. The maximum absolute atomic E-state index is 13.5. The van der Waals surface area contributed by atoms with Crippen molar-refractivity contribution in [1.29, 1.82) is 0 Å². The molecule has 7 aliphatic heterocycles. The molecule has 16 aromatic rings. The Labute approximate surface area is 863 Å². The van der Waals surface area contributed by atoms with Gasteiger partial charge in [0.15, 0.2) is 0 Å². The molecular formula is C116H116Cl5N13O10. The van der Waals surface area contributed by atoms with Crippen molar-refractivity contribution in [3.63, 3.8) is 0 Å². The summed E-state index contributed by atoms with van der Waals surface area (Å²) in [5.74, 6) is 6.85. The Morgan fingerprint density at radius 1 is 0.410 bits per heavy atom. The van der Waals surface area contributed by atoms with Gasteiger partial charge in [-0.05, 0) is 324 Å². The molecule has 23 rings (SSSR count). The fraction of sp³-hybridized carbons (Fsp3) is 0.302. The highest BCUT2D eigenvalue weighted by Crippen LogP contribution is 2.47. The Kier molecular flexibility index (Phi) is 30.4. The largest absolute Gasteiger partial charge is 0.494 e. The van der Waals surface area contributed by atoms with E-state index in [4.69, 9.17) is 91.2 Å². The van der Waals surface area contributed by atoms with E-state index in [1.165, 1.54) is 70.1 Å². The van der Waals surface area contributed by atoms with Crippen LogP contribution in [-0.4, -0.2) is 178 Å². The molecule has 5 aromatic heterocycles. The highest BCUT2D eigenvalue weighted by molar-refractivity contribution is 6.32. The highest BCUT2D eigenvalue weighted by Gasteiger charge is 2.41. The molecule has 3 amide bonds. The summed E-state index contributed by atoms with van der Waals surface area (Å²) >= 11 is 31.3. The molecule has 740 valence electrons. The van der Waals surface area contributed by atoms with Gasteiger partial charge in [0.25, 0.3) is 0 Å². The number of halogens is 5. The summed E-state index contributed by atoms with van der Waals surface area (Å²) in [5.41, 5.74) is 19.7. The molecule has 2 saturated heterocycles. The molecule has 2 fully saturated rings. The predicted molar refractivity (Wildman–Crippen MR) is 572 cm³/mol. The molecule has 6 atom stereocenters. The lowest BCUT2D eigenvalue weighted by Gasteiger charge is -2.36. The van der Waals surface area contributed by atoms with Crippen LogP contribution in [0.3, 0.4) is 0 Å². The number of ether oxygens (including phenoxy) is 7. The zero-order chi connectivity index (χ0) is 99.0. The van der Waals surface area contributed by atoms with Crippen molar-refractivity contribution in [2.75, 3.05) is 104 Å². The van der Waals surface area contributed by atoms with Gasteiger partial charge < -0.3 is 73.1 Å². The van der Waals surface area contributed by atoms with E-state index < -0.39 is 6.09 Å². The van der Waals surface area contributed by atoms with E-state index in [1.807, 2.05) is 170 Å². The zero-order valence-corrected chi connectivity index (χ0v) is 85.0. The molecular weight excluding hydrogens is 1910 g/mol. The molecule has 0 radical (unpaired) electrons. The van der Waals surface area contributed by atoms with Gasteiger partial charge in [0.2, 0.25) is 5.95 Å². The summed E-state index contributed by atoms with van der Waals surface area (Å²) in [5, 5.41) is 11.3. The average Bonchev–Trinajstić information content (AvgIpc) is 1.61. The van der Waals surface area contributed by atoms with Crippen molar-refractivity contribution >= 4 is 126 Å². The third kappa shape index (κ3) is 22.5. The quantitative estimate of drug-likeness (QED) is 0.0446. The van der Waals surface area contributed by atoms with Crippen molar-refractivity contribution in [3.8, 4) is 40.2 Å². The van der Waals surface area contributed by atoms with E-state index in [9.17, 15) is 14.4 Å². The number of nitrogens with zero attached hydrogens (tertiary/aromatic N) is 8. The van der Waals surface area contributed by atoms with E-state index in [0.29, 0.717) is 101 Å². The lowest BCUT2D eigenvalue weighted by atomic mass is 9.91. The number of aryl methyl sites for hydroxylation is 1. The first-order valence-corrected chi connectivity index (χ1v) is 51.7. The van der Waals surface area contributed by atoms with Gasteiger partial charge in [-0.15, -0.1) is 0 Å². The minimum atomic E-state index is -0.419. The Bertz CT molecular complexity index is 7210. The minimum absolute atomic E-state index is 0.0122. The predicted octanol–water partition coefficient (Wildman–Crippen LogP) is 25.8. The number of carbonyl (C=O) groups is 3. The van der Waals surface area contributed by atoms with Gasteiger partial charge in [-0.3, -0.25) is 14.7 Å². The lowest BCUT2D eigenvalue weighted by Crippen LogP contribution is -2.42. The maximum Gasteiger partial charge on any atom is 0.416 e. The minimum Gasteiger partial charge on any atom is -0.494 e. The summed E-state index contributed by atoms with van der Waals surface area (Å²) < 4.78 is 41.4. The van der Waals surface area contributed by atoms with Crippen molar-refractivity contribution < 1.29 is 47.5 Å². The number of carbonyl (C=O) groups excluding carboxylic acids is 3. The molecule has 11 aromatic carbocycles. The molecule has 6 unspecified atom stereocenters. The van der Waals surface area contributed by atoms with Gasteiger partial charge in [0.1, 0.15) is 58.4 Å². The number of anilines is 1. The summed E-state index contributed by atoms with van der Waals surface area (Å²) in [6.45, 7) is 16.9. The van der Waals surface area contributed by atoms with E-state index in [0.717, 1.165) is 190 Å². The van der Waals surface area contributed by atoms with Crippen molar-refractivity contribution in [3.05, 3.63) is 365 Å². The van der Waals surface area contributed by atoms with Gasteiger partial charge in [0.05, 0.1) is 32.5 Å². The molecule has 0 saturated carbocycles. The maximum atomic E-state index is 13.5. The number of fused-ring (bicyclic) bond motifs is 13. The van der Waals surface area contributed by atoms with Crippen molar-refractivity contribution in [1.82, 2.24) is 59.7 Å². The number of aromatic amines is 4. The van der Waals surface area contributed by atoms with Crippen LogP contribution in [0.1, 0.15) is 149 Å². The normalized spacial score (nSPS) is 18.1. The fourth-order valence-corrected chi connectivity index (χ4v) is 22.1. The molecule has 0 spiro atoms. The monoisotopic (exact) mass is 2030 g/mol. The standard InChI is InChI=1S/C32H34ClN3O3.C31H32ClN3O3.C30H31Cl2N3O3.C23H19ClN4O/c1-21-5-10-26(11-6-21)39-32(37)36-17-15-27-28-18-24(33)9-14-29(28)34-30(27)31(36)23-7-12-25(13-8-23)38-20-22-4-3-16-35(2)19-22;1-34-16-5-6-21(19-34)20-37-24-12-9-22(10-13-24)30-29-26(27-18-23(32)11-14-28(27)33-29)15-17-35(30)31(36)38-25-7-3-2-4-8-25;1-19(2)33-15-3-17-37-23-9-4-20(5-10-23)29-28-25(26-18-22(32)8-13-27(26)34-28)14-16-35(29)30(36)38-24-11-6-21(31)7-12-24;24-16-3-4-19-18(13-16)17-6-10-28(23-25-8-1-9-26-23)22(21(17)27-19)15-2-5-20-14(12-15)7-11-29-20/h5-14,18,22,31,34H,3-4,15-17,19-20H2,1-2H3;2-4,7-14,18,21,30,33H,5-6,15-17,19-20H2,1H3;4-13,18-19,29,33-34H,3,14-17H2,1-2H3;1-5,8-9,12-13,22,27H,6-7,10-11H2. The van der Waals surface area contributed by atoms with Gasteiger partial charge >= 0.3 is 18.3 Å². The van der Waals surface area contributed by atoms with Crippen LogP contribution in [0.5, 0.6) is 40.2 Å². The van der Waals surface area contributed by atoms with Crippen molar-refractivity contribution in [2.45, 2.75) is 115 Å². The second-order valence-electron chi connectivity index (χ2n) is 38.6. The number of piperidine rings is 2. The lowest BCUT2D eigenvalue weighted by molar-refractivity contribution is 0.134. The van der Waals surface area contributed by atoms with E-state index in [-0.39, 0.29) is 36.4 Å². The topological polar surface area (TPSA) is 236 Å². The number of hydrogen-bond acceptors (Lipinski definition) is 16. The number of hydrogen-bond donors (Lipinski definition) is 5. The smallest absolute Gasteiger partial charge is 0.416 e. The molecule has 0 aliphatic carbocycles. The molecule has 12 heterocycles. The number of para-hydroxylation sites is 1. The van der Waals surface area contributed by atoms with E-state index >= 15 is 0 Å². The van der Waals surface area contributed by atoms with Crippen LogP contribution < -0.4 is 43.4 Å². The fourth-order valence-electron chi connectivity index (χ4n) is 21.3. The van der Waals surface area contributed by atoms with Crippen LogP contribution in [0.4, 0.5) is 20.3 Å². The SMILES string of the molecule is CC(C)NCCCOc1ccc(C2c3[nH]c4ccc(Cl)cc4c3CCN2C(=O)Oc2ccc(Cl)cc2)cc1.CN1CCCC(COc2ccc(C3c4[nH]c5ccc(Cl)cc5c4CCN3C(=O)Oc3ccccc3)cc2)C1.Cc1ccc(OC(=O)N2CCc3c([nH]c4ccc(Cl)cc34)C2c2ccc(OCC3CCCN(C)C3)cc2)cc1.Clc1ccc2[nH]c3c(c2c1)CCN(c1ncccn1)C3c1ccc2c(c1)CCO2. The van der Waals surface area contributed by atoms with Gasteiger partial charge in [0, 0.05) is 167 Å². The number of aromatic nitrogens is 6. The Morgan fingerprint density at radius 2 is 0.792 bits per heavy atom. The summed E-state index contributed by atoms with van der Waals surface area (Å²) in [6.07, 6.45) is 12.2. The van der Waals surface area contributed by atoms with Gasteiger partial charge in [-0.1, -0.05) is 150 Å². The Hall–Kier alpha value is -13.2. The summed E-state index contributed by atoms with van der Waals surface area (Å²) in [6, 6.07) is 79.3. The molecule has 28 heteroatoms. The van der Waals surface area contributed by atoms with Crippen LogP contribution >= 0.6 is 58.0 Å². The summed E-state index contributed by atoms with van der Waals surface area (Å²) in [7, 11) is 4.35. The number of nitrogens with one attached hydrogen (secondary N) is 5. The number of amides is 3. The summed E-state index contributed by atoms with van der Waals surface area (Å²) in [4.78, 5) is 76.3. The van der Waals surface area contributed by atoms with Gasteiger partial charge in [-0.2, -0.15) is 0 Å². The molecule has 7 aliphatic rings. The highest BCUT2D eigenvalue weighted by atomic mass is 35.5. The third-order valence-electron chi connectivity index (χ3n) is 28.2. The number of H-pyrrole nitrogens is 4. The first-order valence-electron chi connectivity index (χ1n) is 49.8. The first-order chi connectivity index (χ1) is 70.1. The van der Waals surface area contributed by atoms with Crippen LogP contribution in [0.2, 0.25) is 25.1 Å². The molecule has 5 N–H and O–H groups in total. The van der Waals surface area contributed by atoms with Crippen LogP contribution in [0, 0.1) is 18.8 Å². The first kappa shape index (κ1) is 98.2. The van der Waals surface area contributed by atoms with E-state index in [1.54, 1.807) is 58.6 Å². The van der Waals surface area contributed by atoms with Crippen molar-refractivity contribution in [2.24, 2.45) is 11.8 Å². The number of rotatable bonds is 20. The third-order valence-corrected chi connectivity index (χ3v) is 29.4. The molecule has 144 heavy (non-hydrogen) atoms.